The highest BCUT2D eigenvalue weighted by atomic mass is 32.1. The molecule has 3 aliphatic carbocycles. The molecule has 2 aliphatic heterocycles. The number of carbonyl (C=O) groups is 7. The Morgan fingerprint density at radius 2 is 1.10 bits per heavy atom. The second-order valence-electron chi connectivity index (χ2n) is 17.8. The Hall–Kier alpha value is -3.12. The van der Waals surface area contributed by atoms with Crippen molar-refractivity contribution in [2.75, 3.05) is 72.0 Å². The van der Waals surface area contributed by atoms with Crippen molar-refractivity contribution < 1.29 is 43.8 Å². The summed E-state index contributed by atoms with van der Waals surface area (Å²) >= 11 is 4.12. The topological polar surface area (TPSA) is 206 Å². The van der Waals surface area contributed by atoms with Crippen molar-refractivity contribution >= 4 is 54.5 Å². The number of amides is 4. The maximum Gasteiger partial charge on any atom is 0.242 e. The molecule has 17 heteroatoms. The summed E-state index contributed by atoms with van der Waals surface area (Å²) in [5.41, 5.74) is 0. The van der Waals surface area contributed by atoms with E-state index in [-0.39, 0.29) is 68.8 Å². The minimum atomic E-state index is -1.12. The summed E-state index contributed by atoms with van der Waals surface area (Å²) in [5, 5.41) is 30.8. The molecule has 2 heterocycles. The highest BCUT2D eigenvalue weighted by molar-refractivity contribution is 7.81. The lowest BCUT2D eigenvalue weighted by Gasteiger charge is -2.45. The third kappa shape index (κ3) is 13.2. The van der Waals surface area contributed by atoms with Crippen molar-refractivity contribution in [1.29, 1.82) is 0 Å². The highest BCUT2D eigenvalue weighted by Gasteiger charge is 2.38. The number of thiol groups is 1. The minimum Gasteiger partial charge on any atom is -0.548 e. The first kappa shape index (κ1) is 47.9. The molecule has 0 radical (unpaired) electrons. The van der Waals surface area contributed by atoms with Gasteiger partial charge in [0.2, 0.25) is 23.6 Å². The fourth-order valence-electron chi connectivity index (χ4n) is 10.6. The summed E-state index contributed by atoms with van der Waals surface area (Å²) in [6.45, 7) is 4.12. The Labute approximate surface area is 361 Å². The third-order valence-corrected chi connectivity index (χ3v) is 14.5. The first-order valence-corrected chi connectivity index (χ1v) is 23.3. The number of rotatable bonds is 16. The Kier molecular flexibility index (Phi) is 19.1. The zero-order valence-electron chi connectivity index (χ0n) is 35.6. The van der Waals surface area contributed by atoms with Gasteiger partial charge in [-0.15, -0.1) is 0 Å². The molecular formula is C43H69N7O9S-2. The maximum absolute atomic E-state index is 13.8. The molecule has 60 heavy (non-hydrogen) atoms. The summed E-state index contributed by atoms with van der Waals surface area (Å²) < 4.78 is 0. The highest BCUT2D eigenvalue weighted by Crippen LogP contribution is 2.32. The number of carbonyl (C=O) groups excluding carboxylic acids is 7. The van der Waals surface area contributed by atoms with Crippen LogP contribution in [0.3, 0.4) is 0 Å². The van der Waals surface area contributed by atoms with Crippen molar-refractivity contribution in [1.82, 2.24) is 35.1 Å². The van der Waals surface area contributed by atoms with Gasteiger partial charge in [0, 0.05) is 71.9 Å². The van der Waals surface area contributed by atoms with Crippen LogP contribution in [-0.4, -0.2) is 168 Å². The molecule has 5 atom stereocenters. The average Bonchev–Trinajstić information content (AvgIpc) is 3.48. The largest absolute Gasteiger partial charge is 0.548 e. The summed E-state index contributed by atoms with van der Waals surface area (Å²) in [6, 6.07) is -2.83. The van der Waals surface area contributed by atoms with Gasteiger partial charge in [-0.1, -0.05) is 57.8 Å². The zero-order valence-corrected chi connectivity index (χ0v) is 36.5. The second kappa shape index (κ2) is 23.9. The number of hydrogen-bond acceptors (Lipinski definition) is 14. The van der Waals surface area contributed by atoms with Crippen molar-refractivity contribution in [3.63, 3.8) is 0 Å². The molecule has 2 N–H and O–H groups in total. The van der Waals surface area contributed by atoms with Crippen LogP contribution in [0, 0.1) is 17.8 Å². The van der Waals surface area contributed by atoms with Crippen LogP contribution in [0.4, 0.5) is 0 Å². The number of nitrogens with one attached hydrogen (secondary N) is 2. The minimum absolute atomic E-state index is 0.00116. The van der Waals surface area contributed by atoms with E-state index in [1.54, 1.807) is 6.92 Å². The van der Waals surface area contributed by atoms with Gasteiger partial charge in [0.15, 0.2) is 0 Å². The van der Waals surface area contributed by atoms with E-state index >= 15 is 0 Å². The van der Waals surface area contributed by atoms with Gasteiger partial charge in [0.25, 0.3) is 0 Å². The van der Waals surface area contributed by atoms with Crippen LogP contribution in [0.2, 0.25) is 0 Å². The molecule has 3 saturated carbocycles. The van der Waals surface area contributed by atoms with Crippen molar-refractivity contribution in [3.8, 4) is 0 Å². The lowest BCUT2D eigenvalue weighted by molar-refractivity contribution is -0.315. The third-order valence-electron chi connectivity index (χ3n) is 14.1. The van der Waals surface area contributed by atoms with Crippen LogP contribution in [0.25, 0.3) is 0 Å². The molecule has 3 unspecified atom stereocenters. The number of aldehydes is 1. The van der Waals surface area contributed by atoms with Gasteiger partial charge in [0.1, 0.15) is 6.29 Å². The van der Waals surface area contributed by atoms with Gasteiger partial charge in [-0.05, 0) is 63.2 Å². The van der Waals surface area contributed by atoms with Crippen LogP contribution >= 0.6 is 12.6 Å². The molecule has 16 nitrogen and oxygen atoms in total. The lowest BCUT2D eigenvalue weighted by Crippen LogP contribution is -2.60. The van der Waals surface area contributed by atoms with Crippen LogP contribution in [0.1, 0.15) is 110 Å². The molecule has 2 saturated heterocycles. The standard InChI is InChI=1S/C43H71N7O9S/c1-30(40(54)45-28-36(52)44-17-18-50-37(53)27-35(60)41(50)55)46-19-23-48(38(42(56)57)32-13-7-3-8-14-32)25-21-47(34(29-51)31-11-5-2-6-12-31)22-26-49(24-20-46)39(43(58)59)33-15-9-4-10-16-33/h29-35,38-39,60H,2-28H2,1H3,(H,44,52)(H,45,54)(H,56,57)(H,58,59)/p-2/t30?,34?,35?,38-,39-/m1/s1. The van der Waals surface area contributed by atoms with E-state index in [4.69, 9.17) is 0 Å². The lowest BCUT2D eigenvalue weighted by atomic mass is 9.82. The Morgan fingerprint density at radius 3 is 1.52 bits per heavy atom. The van der Waals surface area contributed by atoms with Gasteiger partial charge in [-0.25, -0.2) is 0 Å². The van der Waals surface area contributed by atoms with Crippen LogP contribution in [-0.2, 0) is 33.6 Å². The predicted octanol–water partition coefficient (Wildman–Crippen LogP) is -0.568. The van der Waals surface area contributed by atoms with Gasteiger partial charge in [-0.3, -0.25) is 43.7 Å². The van der Waals surface area contributed by atoms with E-state index in [1.807, 2.05) is 14.7 Å². The summed E-state index contributed by atoms with van der Waals surface area (Å²) in [5.74, 6) is -3.93. The molecule has 0 aromatic rings. The number of carboxylic acids is 2. The molecule has 5 rings (SSSR count). The molecular weight excluding hydrogens is 791 g/mol. The van der Waals surface area contributed by atoms with E-state index in [2.05, 4.69) is 28.2 Å². The quantitative estimate of drug-likeness (QED) is 0.101. The predicted molar refractivity (Wildman–Crippen MR) is 223 cm³/mol. The van der Waals surface area contributed by atoms with Gasteiger partial charge in [-0.2, -0.15) is 12.6 Å². The molecule has 0 aromatic carbocycles. The SMILES string of the molecule is CC(C(=O)NCC(=O)NCCN1C(=O)CC(S)C1=O)N1CCN([C@@H](C(=O)[O-])C2CCCCC2)CCN(C(C=O)C2CCCCC2)CCN([C@@H](C(=O)[O-])C2CCCCC2)CC1. The average molecular weight is 860 g/mol. The van der Waals surface area contributed by atoms with Crippen LogP contribution < -0.4 is 20.8 Å². The van der Waals surface area contributed by atoms with E-state index in [9.17, 15) is 43.8 Å². The number of aliphatic carboxylic acids is 2. The monoisotopic (exact) mass is 859 g/mol. The number of imide groups is 1. The van der Waals surface area contributed by atoms with Gasteiger partial charge >= 0.3 is 0 Å². The van der Waals surface area contributed by atoms with Crippen molar-refractivity contribution in [2.24, 2.45) is 17.8 Å². The number of hydrogen-bond donors (Lipinski definition) is 3. The summed E-state index contributed by atoms with van der Waals surface area (Å²) in [4.78, 5) is 99.0. The Balaban J connectivity index is 1.36. The second-order valence-corrected chi connectivity index (χ2v) is 18.5. The van der Waals surface area contributed by atoms with E-state index in [1.165, 1.54) is 0 Å². The molecule has 0 aromatic heterocycles. The first-order valence-electron chi connectivity index (χ1n) is 22.8. The van der Waals surface area contributed by atoms with E-state index in [0.29, 0.717) is 39.3 Å². The summed E-state index contributed by atoms with van der Waals surface area (Å²) in [7, 11) is 0. The fourth-order valence-corrected chi connectivity index (χ4v) is 10.9. The smallest absolute Gasteiger partial charge is 0.242 e. The number of carboxylic acid groups (broad SMARTS) is 2. The van der Waals surface area contributed by atoms with E-state index < -0.39 is 53.0 Å². The van der Waals surface area contributed by atoms with Crippen molar-refractivity contribution in [3.05, 3.63) is 0 Å². The molecule has 5 fully saturated rings. The molecule has 0 bridgehead atoms. The summed E-state index contributed by atoms with van der Waals surface area (Å²) in [6.07, 6.45) is 15.2. The first-order chi connectivity index (χ1) is 28.9. The Bertz CT molecular complexity index is 1420. The Morgan fingerprint density at radius 1 is 0.667 bits per heavy atom. The van der Waals surface area contributed by atoms with Crippen LogP contribution in [0.15, 0.2) is 0 Å². The van der Waals surface area contributed by atoms with Gasteiger partial charge < -0.3 is 35.2 Å². The van der Waals surface area contributed by atoms with Gasteiger partial charge in [0.05, 0.1) is 47.9 Å². The fraction of sp³-hybridized carbons (Fsp3) is 0.837. The zero-order chi connectivity index (χ0) is 43.2. The normalized spacial score (nSPS) is 25.7. The molecule has 4 amide bonds. The van der Waals surface area contributed by atoms with Crippen LogP contribution in [0.5, 0.6) is 0 Å². The van der Waals surface area contributed by atoms with Crippen molar-refractivity contribution in [2.45, 2.75) is 139 Å². The maximum atomic E-state index is 13.8. The van der Waals surface area contributed by atoms with E-state index in [0.717, 1.165) is 107 Å². The molecule has 338 valence electrons. The molecule has 0 spiro atoms. The number of nitrogens with zero attached hydrogens (tertiary/aromatic N) is 5. The number of likely N-dealkylation sites (tertiary alicyclic amines) is 1. The molecule has 5 aliphatic rings.